The first kappa shape index (κ1) is 14.9. The molecule has 0 bridgehead atoms. The van der Waals surface area contributed by atoms with Crippen molar-refractivity contribution >= 4 is 23.5 Å². The largest absolute Gasteiger partial charge is 0.392 e. The summed E-state index contributed by atoms with van der Waals surface area (Å²) in [6.45, 7) is 5.41. The van der Waals surface area contributed by atoms with Crippen LogP contribution in [0.1, 0.15) is 19.0 Å². The lowest BCUT2D eigenvalue weighted by atomic mass is 10.2. The Morgan fingerprint density at radius 3 is 2.95 bits per heavy atom. The highest BCUT2D eigenvalue weighted by Crippen LogP contribution is 2.35. The number of hydrogen-bond acceptors (Lipinski definition) is 7. The van der Waals surface area contributed by atoms with Crippen LogP contribution in [0.5, 0.6) is 0 Å². The summed E-state index contributed by atoms with van der Waals surface area (Å²) in [6.07, 6.45) is 1.77. The molecule has 116 valence electrons. The van der Waals surface area contributed by atoms with Crippen LogP contribution >= 0.6 is 11.8 Å². The van der Waals surface area contributed by atoms with Gasteiger partial charge < -0.3 is 20.1 Å². The molecule has 1 aromatic heterocycles. The molecule has 21 heavy (non-hydrogen) atoms. The van der Waals surface area contributed by atoms with Gasteiger partial charge in [0.1, 0.15) is 5.82 Å². The van der Waals surface area contributed by atoms with Gasteiger partial charge >= 0.3 is 0 Å². The number of aromatic nitrogens is 2. The molecule has 2 N–H and O–H groups in total. The number of fused-ring (bicyclic) bond motifs is 1. The Morgan fingerprint density at radius 2 is 2.19 bits per heavy atom. The summed E-state index contributed by atoms with van der Waals surface area (Å²) < 4.78 is 5.39. The molecule has 0 amide bonds. The highest BCUT2D eigenvalue weighted by atomic mass is 32.2. The first-order valence-corrected chi connectivity index (χ1v) is 8.51. The minimum atomic E-state index is -0.393. The Hall–Kier alpha value is -1.05. The molecule has 6 nitrogen and oxygen atoms in total. The SMILES string of the molecule is C[C@H](O)CNc1nc(N2CCOCC2)nc2c1SCCC2. The van der Waals surface area contributed by atoms with Gasteiger partial charge in [-0.25, -0.2) is 4.98 Å². The molecule has 0 spiro atoms. The molecule has 2 aliphatic heterocycles. The summed E-state index contributed by atoms with van der Waals surface area (Å²) in [7, 11) is 0. The van der Waals surface area contributed by atoms with Crippen LogP contribution in [0.15, 0.2) is 4.90 Å². The summed E-state index contributed by atoms with van der Waals surface area (Å²) in [5.74, 6) is 2.76. The maximum absolute atomic E-state index is 9.50. The Balaban J connectivity index is 1.88. The fourth-order valence-corrected chi connectivity index (χ4v) is 3.55. The molecule has 0 saturated carbocycles. The summed E-state index contributed by atoms with van der Waals surface area (Å²) in [6, 6.07) is 0. The molecule has 3 rings (SSSR count). The maximum Gasteiger partial charge on any atom is 0.227 e. The van der Waals surface area contributed by atoms with Crippen molar-refractivity contribution in [2.75, 3.05) is 48.8 Å². The van der Waals surface area contributed by atoms with E-state index in [0.29, 0.717) is 6.54 Å². The number of aliphatic hydroxyl groups excluding tert-OH is 1. The zero-order chi connectivity index (χ0) is 14.7. The molecule has 0 aliphatic carbocycles. The van der Waals surface area contributed by atoms with Crippen LogP contribution in [0.3, 0.4) is 0 Å². The number of rotatable bonds is 4. The van der Waals surface area contributed by atoms with Gasteiger partial charge in [0.25, 0.3) is 0 Å². The second kappa shape index (κ2) is 6.81. The van der Waals surface area contributed by atoms with Gasteiger partial charge in [0.05, 0.1) is 29.9 Å². The van der Waals surface area contributed by atoms with Gasteiger partial charge in [-0.05, 0) is 25.5 Å². The van der Waals surface area contributed by atoms with E-state index in [1.165, 1.54) is 0 Å². The molecule has 1 atom stereocenters. The van der Waals surface area contributed by atoms with Crippen LogP contribution in [0.4, 0.5) is 11.8 Å². The summed E-state index contributed by atoms with van der Waals surface area (Å²) in [4.78, 5) is 12.8. The van der Waals surface area contributed by atoms with Crippen LogP contribution in [-0.4, -0.2) is 59.8 Å². The summed E-state index contributed by atoms with van der Waals surface area (Å²) in [5.41, 5.74) is 1.14. The smallest absolute Gasteiger partial charge is 0.227 e. The molecular weight excluding hydrogens is 288 g/mol. The quantitative estimate of drug-likeness (QED) is 0.864. The second-order valence-electron chi connectivity index (χ2n) is 5.43. The monoisotopic (exact) mass is 310 g/mol. The molecule has 2 aliphatic rings. The van der Waals surface area contributed by atoms with E-state index in [9.17, 15) is 5.11 Å². The Bertz CT molecular complexity index is 492. The number of morpholine rings is 1. The third kappa shape index (κ3) is 3.59. The van der Waals surface area contributed by atoms with Crippen molar-refractivity contribution < 1.29 is 9.84 Å². The van der Waals surface area contributed by atoms with E-state index in [2.05, 4.69) is 10.2 Å². The van der Waals surface area contributed by atoms with Crippen molar-refractivity contribution in [2.45, 2.75) is 30.8 Å². The van der Waals surface area contributed by atoms with Crippen molar-refractivity contribution in [1.29, 1.82) is 0 Å². The van der Waals surface area contributed by atoms with Gasteiger partial charge in [-0.3, -0.25) is 0 Å². The van der Waals surface area contributed by atoms with Gasteiger partial charge in [-0.2, -0.15) is 4.98 Å². The van der Waals surface area contributed by atoms with E-state index in [4.69, 9.17) is 14.7 Å². The van der Waals surface area contributed by atoms with E-state index in [1.54, 1.807) is 6.92 Å². The first-order valence-electron chi connectivity index (χ1n) is 7.52. The van der Waals surface area contributed by atoms with Crippen molar-refractivity contribution in [2.24, 2.45) is 0 Å². The fourth-order valence-electron chi connectivity index (χ4n) is 2.49. The standard InChI is InChI=1S/C14H22N4O2S/c1-10(19)9-15-13-12-11(3-2-8-21-12)16-14(17-13)18-4-6-20-7-5-18/h10,19H,2-9H2,1H3,(H,15,16,17)/t10-/m0/s1. The van der Waals surface area contributed by atoms with Gasteiger partial charge in [0, 0.05) is 19.6 Å². The molecular formula is C14H22N4O2S. The first-order chi connectivity index (χ1) is 10.2. The predicted octanol–water partition coefficient (Wildman–Crippen LogP) is 1.14. The van der Waals surface area contributed by atoms with Gasteiger partial charge in [-0.15, -0.1) is 11.8 Å². The molecule has 0 radical (unpaired) electrons. The average molecular weight is 310 g/mol. The number of nitrogens with zero attached hydrogens (tertiary/aromatic N) is 3. The fraction of sp³-hybridized carbons (Fsp3) is 0.714. The number of thioether (sulfide) groups is 1. The molecule has 7 heteroatoms. The Morgan fingerprint density at radius 1 is 1.38 bits per heavy atom. The third-order valence-electron chi connectivity index (χ3n) is 3.59. The van der Waals surface area contributed by atoms with E-state index in [-0.39, 0.29) is 0 Å². The molecule has 0 aromatic carbocycles. The van der Waals surface area contributed by atoms with Gasteiger partial charge in [-0.1, -0.05) is 0 Å². The van der Waals surface area contributed by atoms with E-state index < -0.39 is 6.10 Å². The van der Waals surface area contributed by atoms with E-state index >= 15 is 0 Å². The lowest BCUT2D eigenvalue weighted by Crippen LogP contribution is -2.37. The average Bonchev–Trinajstić information content (AvgIpc) is 2.53. The lowest BCUT2D eigenvalue weighted by molar-refractivity contribution is 0.122. The van der Waals surface area contributed by atoms with Gasteiger partial charge in [0.15, 0.2) is 0 Å². The van der Waals surface area contributed by atoms with Crippen LogP contribution in [0.25, 0.3) is 0 Å². The predicted molar refractivity (Wildman–Crippen MR) is 84.3 cm³/mol. The topological polar surface area (TPSA) is 70.5 Å². The summed E-state index contributed by atoms with van der Waals surface area (Å²) in [5, 5.41) is 12.8. The van der Waals surface area contributed by atoms with Crippen LogP contribution in [-0.2, 0) is 11.2 Å². The minimum absolute atomic E-state index is 0.393. The van der Waals surface area contributed by atoms with Crippen molar-refractivity contribution in [3.63, 3.8) is 0 Å². The maximum atomic E-state index is 9.50. The number of anilines is 2. The minimum Gasteiger partial charge on any atom is -0.392 e. The number of aryl methyl sites for hydroxylation is 1. The van der Waals surface area contributed by atoms with Crippen molar-refractivity contribution in [1.82, 2.24) is 9.97 Å². The van der Waals surface area contributed by atoms with Crippen LogP contribution in [0, 0.1) is 0 Å². The highest BCUT2D eigenvalue weighted by molar-refractivity contribution is 7.99. The van der Waals surface area contributed by atoms with E-state index in [1.807, 2.05) is 11.8 Å². The molecule has 3 heterocycles. The van der Waals surface area contributed by atoms with Crippen molar-refractivity contribution in [3.05, 3.63) is 5.69 Å². The molecule has 1 aromatic rings. The number of nitrogens with one attached hydrogen (secondary N) is 1. The Kier molecular flexibility index (Phi) is 4.82. The molecule has 1 saturated heterocycles. The number of hydrogen-bond donors (Lipinski definition) is 2. The Labute approximate surface area is 129 Å². The number of ether oxygens (including phenoxy) is 1. The van der Waals surface area contributed by atoms with Crippen molar-refractivity contribution in [3.8, 4) is 0 Å². The zero-order valence-electron chi connectivity index (χ0n) is 12.3. The lowest BCUT2D eigenvalue weighted by Gasteiger charge is -2.29. The third-order valence-corrected chi connectivity index (χ3v) is 4.80. The zero-order valence-corrected chi connectivity index (χ0v) is 13.2. The molecule has 1 fully saturated rings. The van der Waals surface area contributed by atoms with E-state index in [0.717, 1.165) is 67.3 Å². The van der Waals surface area contributed by atoms with Crippen LogP contribution < -0.4 is 10.2 Å². The normalized spacial score (nSPS) is 20.0. The number of aliphatic hydroxyl groups is 1. The second-order valence-corrected chi connectivity index (χ2v) is 6.53. The van der Waals surface area contributed by atoms with Crippen LogP contribution in [0.2, 0.25) is 0 Å². The highest BCUT2D eigenvalue weighted by Gasteiger charge is 2.22. The summed E-state index contributed by atoms with van der Waals surface area (Å²) >= 11 is 1.81. The molecule has 0 unspecified atom stereocenters. The van der Waals surface area contributed by atoms with Gasteiger partial charge in [0.2, 0.25) is 5.95 Å².